The molecule has 2 unspecified atom stereocenters. The number of nitrogens with one attached hydrogen (secondary N) is 1. The molecule has 9 heteroatoms. The zero-order valence-electron chi connectivity index (χ0n) is 17.3. The second kappa shape index (κ2) is 8.63. The Morgan fingerprint density at radius 1 is 1.29 bits per heavy atom. The quantitative estimate of drug-likeness (QED) is 0.658. The molecular formula is C22H23FN6O2. The molecule has 3 aromatic rings. The van der Waals surface area contributed by atoms with Crippen molar-refractivity contribution in [3.8, 4) is 5.69 Å². The SMILES string of the molecule is CCC(C)c1ccccc1N1CC(C(=O)Nc2cc(-n3cnnn3)ccc2F)CC1=O. The number of aromatic nitrogens is 4. The topological polar surface area (TPSA) is 93.0 Å². The predicted octanol–water partition coefficient (Wildman–Crippen LogP) is 3.31. The number of amides is 2. The highest BCUT2D eigenvalue weighted by molar-refractivity contribution is 6.04. The first-order valence-corrected chi connectivity index (χ1v) is 10.2. The van der Waals surface area contributed by atoms with Crippen LogP contribution in [-0.4, -0.2) is 38.6 Å². The van der Waals surface area contributed by atoms with Crippen LogP contribution in [-0.2, 0) is 9.59 Å². The van der Waals surface area contributed by atoms with E-state index < -0.39 is 17.6 Å². The van der Waals surface area contributed by atoms with Crippen LogP contribution in [0.2, 0.25) is 0 Å². The summed E-state index contributed by atoms with van der Waals surface area (Å²) in [5.74, 6) is -1.37. The highest BCUT2D eigenvalue weighted by Gasteiger charge is 2.36. The molecule has 0 aliphatic carbocycles. The maximum atomic E-state index is 14.3. The molecule has 8 nitrogen and oxygen atoms in total. The van der Waals surface area contributed by atoms with E-state index in [1.807, 2.05) is 24.3 Å². The highest BCUT2D eigenvalue weighted by atomic mass is 19.1. The van der Waals surface area contributed by atoms with Crippen LogP contribution >= 0.6 is 0 Å². The molecule has 0 spiro atoms. The van der Waals surface area contributed by atoms with Crippen LogP contribution in [0.3, 0.4) is 0 Å². The van der Waals surface area contributed by atoms with Gasteiger partial charge in [0.05, 0.1) is 17.3 Å². The van der Waals surface area contributed by atoms with Gasteiger partial charge in [-0.15, -0.1) is 5.10 Å². The first-order valence-electron chi connectivity index (χ1n) is 10.2. The third kappa shape index (κ3) is 4.16. The fourth-order valence-corrected chi connectivity index (χ4v) is 3.75. The second-order valence-electron chi connectivity index (χ2n) is 7.68. The number of carbonyl (C=O) groups excluding carboxylic acids is 2. The van der Waals surface area contributed by atoms with Crippen LogP contribution < -0.4 is 10.2 Å². The van der Waals surface area contributed by atoms with Gasteiger partial charge in [0.1, 0.15) is 12.1 Å². The van der Waals surface area contributed by atoms with Gasteiger partial charge in [-0.2, -0.15) is 0 Å². The minimum Gasteiger partial charge on any atom is -0.323 e. The Bertz CT molecular complexity index is 1100. The number of para-hydroxylation sites is 1. The van der Waals surface area contributed by atoms with Crippen molar-refractivity contribution < 1.29 is 14.0 Å². The van der Waals surface area contributed by atoms with E-state index in [9.17, 15) is 14.0 Å². The third-order valence-corrected chi connectivity index (χ3v) is 5.69. The van der Waals surface area contributed by atoms with Gasteiger partial charge in [-0.25, -0.2) is 9.07 Å². The summed E-state index contributed by atoms with van der Waals surface area (Å²) >= 11 is 0. The van der Waals surface area contributed by atoms with E-state index in [1.165, 1.54) is 29.2 Å². The molecular weight excluding hydrogens is 399 g/mol. The standard InChI is InChI=1S/C22H23FN6O2/c1-3-14(2)17-6-4-5-7-20(17)28-12-15(10-21(28)30)22(31)25-19-11-16(8-9-18(19)23)29-13-24-26-27-29/h4-9,11,13-15H,3,10,12H2,1-2H3,(H,25,31). The van der Waals surface area contributed by atoms with E-state index in [0.29, 0.717) is 11.6 Å². The number of nitrogens with zero attached hydrogens (tertiary/aromatic N) is 5. The van der Waals surface area contributed by atoms with Crippen molar-refractivity contribution in [3.63, 3.8) is 0 Å². The molecule has 2 heterocycles. The van der Waals surface area contributed by atoms with Crippen molar-refractivity contribution in [2.75, 3.05) is 16.8 Å². The lowest BCUT2D eigenvalue weighted by Gasteiger charge is -2.23. The summed E-state index contributed by atoms with van der Waals surface area (Å²) in [6, 6.07) is 12.0. The number of benzene rings is 2. The van der Waals surface area contributed by atoms with Crippen molar-refractivity contribution >= 4 is 23.2 Å². The number of halogens is 1. The average Bonchev–Trinajstić information content (AvgIpc) is 3.45. The van der Waals surface area contributed by atoms with Gasteiger partial charge in [-0.05, 0) is 52.6 Å². The second-order valence-corrected chi connectivity index (χ2v) is 7.68. The Labute approximate surface area is 179 Å². The summed E-state index contributed by atoms with van der Waals surface area (Å²) in [6.07, 6.45) is 2.40. The number of rotatable bonds is 6. The minimum atomic E-state index is -0.575. The van der Waals surface area contributed by atoms with E-state index in [-0.39, 0.29) is 24.6 Å². The Kier molecular flexibility index (Phi) is 5.75. The van der Waals surface area contributed by atoms with Crippen LogP contribution in [0, 0.1) is 11.7 Å². The molecule has 2 amide bonds. The molecule has 31 heavy (non-hydrogen) atoms. The molecule has 160 valence electrons. The maximum absolute atomic E-state index is 14.3. The molecule has 1 aliphatic heterocycles. The largest absolute Gasteiger partial charge is 0.323 e. The van der Waals surface area contributed by atoms with Crippen molar-refractivity contribution in [1.29, 1.82) is 0 Å². The lowest BCUT2D eigenvalue weighted by atomic mass is 9.96. The summed E-state index contributed by atoms with van der Waals surface area (Å²) in [5, 5.41) is 13.5. The zero-order valence-corrected chi connectivity index (χ0v) is 17.3. The lowest BCUT2D eigenvalue weighted by molar-refractivity contribution is -0.122. The van der Waals surface area contributed by atoms with E-state index in [1.54, 1.807) is 4.90 Å². The highest BCUT2D eigenvalue weighted by Crippen LogP contribution is 2.34. The van der Waals surface area contributed by atoms with Crippen LogP contribution in [0.4, 0.5) is 15.8 Å². The van der Waals surface area contributed by atoms with Gasteiger partial charge < -0.3 is 10.2 Å². The number of anilines is 2. The third-order valence-electron chi connectivity index (χ3n) is 5.69. The zero-order chi connectivity index (χ0) is 22.0. The van der Waals surface area contributed by atoms with E-state index in [4.69, 9.17) is 0 Å². The molecule has 1 aromatic heterocycles. The molecule has 1 fully saturated rings. The normalized spacial score (nSPS) is 17.1. The summed E-state index contributed by atoms with van der Waals surface area (Å²) in [7, 11) is 0. The van der Waals surface area contributed by atoms with Gasteiger partial charge >= 0.3 is 0 Å². The van der Waals surface area contributed by atoms with Crippen LogP contribution in [0.25, 0.3) is 5.69 Å². The minimum absolute atomic E-state index is 0.0175. The van der Waals surface area contributed by atoms with Gasteiger partial charge in [0.25, 0.3) is 0 Å². The van der Waals surface area contributed by atoms with Gasteiger partial charge in [0.2, 0.25) is 11.8 Å². The number of tetrazole rings is 1. The van der Waals surface area contributed by atoms with Crippen LogP contribution in [0.1, 0.15) is 38.2 Å². The van der Waals surface area contributed by atoms with Crippen LogP contribution in [0.5, 0.6) is 0 Å². The Hall–Kier alpha value is -3.62. The van der Waals surface area contributed by atoms with Gasteiger partial charge in [-0.3, -0.25) is 9.59 Å². The first kappa shape index (κ1) is 20.6. The fraction of sp³-hybridized carbons (Fsp3) is 0.318. The molecule has 0 radical (unpaired) electrons. The smallest absolute Gasteiger partial charge is 0.229 e. The van der Waals surface area contributed by atoms with E-state index in [2.05, 4.69) is 34.7 Å². The van der Waals surface area contributed by atoms with Crippen molar-refractivity contribution in [2.45, 2.75) is 32.6 Å². The Morgan fingerprint density at radius 2 is 2.10 bits per heavy atom. The Morgan fingerprint density at radius 3 is 2.84 bits per heavy atom. The molecule has 1 saturated heterocycles. The van der Waals surface area contributed by atoms with Crippen molar-refractivity contribution in [2.24, 2.45) is 5.92 Å². The first-order chi connectivity index (χ1) is 15.0. The van der Waals surface area contributed by atoms with Crippen LogP contribution in [0.15, 0.2) is 48.8 Å². The summed E-state index contributed by atoms with van der Waals surface area (Å²) in [6.45, 7) is 4.47. The number of hydrogen-bond donors (Lipinski definition) is 1. The molecule has 2 aromatic carbocycles. The maximum Gasteiger partial charge on any atom is 0.229 e. The molecule has 0 bridgehead atoms. The summed E-state index contributed by atoms with van der Waals surface area (Å²) < 4.78 is 15.7. The average molecular weight is 422 g/mol. The molecule has 2 atom stereocenters. The summed E-state index contributed by atoms with van der Waals surface area (Å²) in [5.41, 5.74) is 2.45. The van der Waals surface area contributed by atoms with E-state index in [0.717, 1.165) is 17.7 Å². The van der Waals surface area contributed by atoms with Crippen molar-refractivity contribution in [1.82, 2.24) is 20.2 Å². The van der Waals surface area contributed by atoms with Crippen molar-refractivity contribution in [3.05, 3.63) is 60.2 Å². The lowest BCUT2D eigenvalue weighted by Crippen LogP contribution is -2.29. The summed E-state index contributed by atoms with van der Waals surface area (Å²) in [4.78, 5) is 27.3. The monoisotopic (exact) mass is 422 g/mol. The molecule has 4 rings (SSSR count). The van der Waals surface area contributed by atoms with Gasteiger partial charge in [0.15, 0.2) is 0 Å². The Balaban J connectivity index is 1.52. The molecule has 1 N–H and O–H groups in total. The number of carbonyl (C=O) groups is 2. The predicted molar refractivity (Wildman–Crippen MR) is 113 cm³/mol. The fourth-order valence-electron chi connectivity index (χ4n) is 3.75. The van der Waals surface area contributed by atoms with E-state index >= 15 is 0 Å². The van der Waals surface area contributed by atoms with Gasteiger partial charge in [0, 0.05) is 18.7 Å². The molecule has 0 saturated carbocycles. The number of hydrogen-bond acceptors (Lipinski definition) is 5. The van der Waals surface area contributed by atoms with Gasteiger partial charge in [-0.1, -0.05) is 32.0 Å². The molecule has 1 aliphatic rings.